The minimum atomic E-state index is -0.310. The molecule has 0 saturated heterocycles. The molecule has 0 aliphatic heterocycles. The largest absolute Gasteiger partial charge is 0.486 e. The molecule has 0 aromatic heterocycles. The predicted molar refractivity (Wildman–Crippen MR) is 81.1 cm³/mol. The Balaban J connectivity index is 2.03. The van der Waals surface area contributed by atoms with Gasteiger partial charge in [-0.2, -0.15) is 0 Å². The molecule has 4 heteroatoms. The van der Waals surface area contributed by atoms with Crippen molar-refractivity contribution in [2.45, 2.75) is 38.5 Å². The van der Waals surface area contributed by atoms with E-state index < -0.39 is 0 Å². The normalized spacial score (nSPS) is 16.4. The molecule has 1 aromatic carbocycles. The van der Waals surface area contributed by atoms with E-state index in [2.05, 4.69) is 11.9 Å². The fourth-order valence-corrected chi connectivity index (χ4v) is 2.76. The van der Waals surface area contributed by atoms with Crippen molar-refractivity contribution in [3.05, 3.63) is 41.7 Å². The van der Waals surface area contributed by atoms with Gasteiger partial charge in [-0.3, -0.25) is 4.79 Å². The van der Waals surface area contributed by atoms with Crippen molar-refractivity contribution >= 4 is 5.91 Å². The highest BCUT2D eigenvalue weighted by atomic mass is 19.1. The van der Waals surface area contributed by atoms with Crippen LogP contribution in [-0.4, -0.2) is 19.1 Å². The van der Waals surface area contributed by atoms with Crippen molar-refractivity contribution in [1.82, 2.24) is 5.32 Å². The molecule has 1 aliphatic rings. The summed E-state index contributed by atoms with van der Waals surface area (Å²) in [6.07, 6.45) is 4.88. The molecule has 21 heavy (non-hydrogen) atoms. The van der Waals surface area contributed by atoms with Crippen LogP contribution in [0.15, 0.2) is 24.8 Å². The van der Waals surface area contributed by atoms with Crippen LogP contribution < -0.4 is 10.1 Å². The van der Waals surface area contributed by atoms with Crippen molar-refractivity contribution in [2.24, 2.45) is 0 Å². The molecule has 2 rings (SSSR count). The molecule has 0 fully saturated rings. The molecule has 0 radical (unpaired) electrons. The Bertz CT molecular complexity index is 528. The zero-order valence-electron chi connectivity index (χ0n) is 12.5. The molecule has 0 heterocycles. The Morgan fingerprint density at radius 1 is 1.57 bits per heavy atom. The molecule has 1 aliphatic carbocycles. The number of hydrogen-bond acceptors (Lipinski definition) is 2. The summed E-state index contributed by atoms with van der Waals surface area (Å²) in [5, 5.41) is 2.89. The Morgan fingerprint density at radius 3 is 3.10 bits per heavy atom. The van der Waals surface area contributed by atoms with Crippen LogP contribution in [0.5, 0.6) is 5.75 Å². The van der Waals surface area contributed by atoms with E-state index in [0.717, 1.165) is 30.4 Å². The predicted octanol–water partition coefficient (Wildman–Crippen LogP) is 3.34. The van der Waals surface area contributed by atoms with Gasteiger partial charge in [-0.25, -0.2) is 4.39 Å². The van der Waals surface area contributed by atoms with E-state index in [0.29, 0.717) is 25.5 Å². The first-order valence-electron chi connectivity index (χ1n) is 7.48. The minimum absolute atomic E-state index is 0.0716. The minimum Gasteiger partial charge on any atom is -0.486 e. The Labute approximate surface area is 125 Å². The first kappa shape index (κ1) is 15.5. The molecular formula is C17H22FNO2. The van der Waals surface area contributed by atoms with Gasteiger partial charge >= 0.3 is 0 Å². The van der Waals surface area contributed by atoms with E-state index in [1.165, 1.54) is 0 Å². The van der Waals surface area contributed by atoms with Gasteiger partial charge in [-0.05, 0) is 48.4 Å². The van der Waals surface area contributed by atoms with E-state index in [1.807, 2.05) is 13.0 Å². The third kappa shape index (κ3) is 3.84. The van der Waals surface area contributed by atoms with E-state index >= 15 is 0 Å². The molecule has 1 aromatic rings. The summed E-state index contributed by atoms with van der Waals surface area (Å²) in [6.45, 7) is 6.37. The standard InChI is InChI=1S/C17H22FNO2/c1-3-9-21-16-11-14-12(7-8-19-17(20)4-2)5-6-13(14)10-15(16)18/h3,10-12H,1,4-9H2,2H3,(H,19,20)/t12-/m0/s1. The van der Waals surface area contributed by atoms with E-state index in [-0.39, 0.29) is 17.5 Å². The van der Waals surface area contributed by atoms with Gasteiger partial charge in [0.1, 0.15) is 6.61 Å². The Hall–Kier alpha value is -1.84. The van der Waals surface area contributed by atoms with Crippen molar-refractivity contribution in [1.29, 1.82) is 0 Å². The number of hydrogen-bond donors (Lipinski definition) is 1. The zero-order chi connectivity index (χ0) is 15.2. The number of amides is 1. The lowest BCUT2D eigenvalue weighted by molar-refractivity contribution is -0.120. The molecule has 0 unspecified atom stereocenters. The average Bonchev–Trinajstić information content (AvgIpc) is 2.86. The van der Waals surface area contributed by atoms with Crippen molar-refractivity contribution in [3.63, 3.8) is 0 Å². The van der Waals surface area contributed by atoms with E-state index in [9.17, 15) is 9.18 Å². The number of nitrogens with one attached hydrogen (secondary N) is 1. The molecule has 0 saturated carbocycles. The Morgan fingerprint density at radius 2 is 2.38 bits per heavy atom. The summed E-state index contributed by atoms with van der Waals surface area (Å²) in [5.74, 6) is 0.417. The molecule has 1 amide bonds. The van der Waals surface area contributed by atoms with Crippen molar-refractivity contribution in [3.8, 4) is 5.75 Å². The summed E-state index contributed by atoms with van der Waals surface area (Å²) < 4.78 is 19.2. The topological polar surface area (TPSA) is 38.3 Å². The fraction of sp³-hybridized carbons (Fsp3) is 0.471. The van der Waals surface area contributed by atoms with Crippen LogP contribution in [0.25, 0.3) is 0 Å². The summed E-state index contributed by atoms with van der Waals surface area (Å²) >= 11 is 0. The van der Waals surface area contributed by atoms with Gasteiger partial charge in [0.15, 0.2) is 11.6 Å². The van der Waals surface area contributed by atoms with Crippen molar-refractivity contribution < 1.29 is 13.9 Å². The lowest BCUT2D eigenvalue weighted by atomic mass is 9.97. The van der Waals surface area contributed by atoms with Gasteiger partial charge in [0.05, 0.1) is 0 Å². The molecule has 1 atom stereocenters. The highest BCUT2D eigenvalue weighted by molar-refractivity contribution is 5.75. The van der Waals surface area contributed by atoms with E-state index in [4.69, 9.17) is 4.74 Å². The number of rotatable bonds is 7. The second-order valence-corrected chi connectivity index (χ2v) is 5.31. The number of carbonyl (C=O) groups excluding carboxylic acids is 1. The number of carbonyl (C=O) groups is 1. The van der Waals surface area contributed by atoms with Gasteiger partial charge in [-0.1, -0.05) is 19.6 Å². The monoisotopic (exact) mass is 291 g/mol. The molecule has 114 valence electrons. The van der Waals surface area contributed by atoms with E-state index in [1.54, 1.807) is 12.1 Å². The van der Waals surface area contributed by atoms with Crippen LogP contribution in [0.1, 0.15) is 43.2 Å². The van der Waals surface area contributed by atoms with Gasteiger partial charge in [-0.15, -0.1) is 0 Å². The summed E-state index contributed by atoms with van der Waals surface area (Å²) in [5.41, 5.74) is 2.21. The second-order valence-electron chi connectivity index (χ2n) is 5.31. The van der Waals surface area contributed by atoms with Gasteiger partial charge in [0.2, 0.25) is 5.91 Å². The highest BCUT2D eigenvalue weighted by Crippen LogP contribution is 2.38. The number of benzene rings is 1. The van der Waals surface area contributed by atoms with Gasteiger partial charge in [0, 0.05) is 13.0 Å². The maximum absolute atomic E-state index is 13.9. The van der Waals surface area contributed by atoms with Gasteiger partial charge in [0.25, 0.3) is 0 Å². The molecule has 1 N–H and O–H groups in total. The molecular weight excluding hydrogens is 269 g/mol. The number of ether oxygens (including phenoxy) is 1. The summed E-state index contributed by atoms with van der Waals surface area (Å²) in [7, 11) is 0. The van der Waals surface area contributed by atoms with Crippen LogP contribution in [0.4, 0.5) is 4.39 Å². The van der Waals surface area contributed by atoms with Crippen LogP contribution in [0.2, 0.25) is 0 Å². The van der Waals surface area contributed by atoms with Crippen LogP contribution in [0.3, 0.4) is 0 Å². The number of halogens is 1. The first-order valence-corrected chi connectivity index (χ1v) is 7.48. The smallest absolute Gasteiger partial charge is 0.219 e. The third-order valence-electron chi connectivity index (χ3n) is 3.89. The van der Waals surface area contributed by atoms with Crippen LogP contribution in [-0.2, 0) is 11.2 Å². The number of aryl methyl sites for hydroxylation is 1. The maximum Gasteiger partial charge on any atom is 0.219 e. The third-order valence-corrected chi connectivity index (χ3v) is 3.89. The average molecular weight is 291 g/mol. The lowest BCUT2D eigenvalue weighted by Crippen LogP contribution is -2.24. The molecule has 0 bridgehead atoms. The molecule has 0 spiro atoms. The SMILES string of the molecule is C=CCOc1cc2c(cc1F)CC[C@H]2CCNC(=O)CC. The molecule has 3 nitrogen and oxygen atoms in total. The Kier molecular flexibility index (Phi) is 5.37. The first-order chi connectivity index (χ1) is 10.2. The summed E-state index contributed by atoms with van der Waals surface area (Å²) in [4.78, 5) is 11.3. The maximum atomic E-state index is 13.9. The quantitative estimate of drug-likeness (QED) is 0.783. The van der Waals surface area contributed by atoms with Crippen LogP contribution in [0, 0.1) is 5.82 Å². The number of fused-ring (bicyclic) bond motifs is 1. The summed E-state index contributed by atoms with van der Waals surface area (Å²) in [6, 6.07) is 3.39. The van der Waals surface area contributed by atoms with Crippen LogP contribution >= 0.6 is 0 Å². The van der Waals surface area contributed by atoms with Crippen molar-refractivity contribution in [2.75, 3.05) is 13.2 Å². The van der Waals surface area contributed by atoms with Gasteiger partial charge < -0.3 is 10.1 Å². The second kappa shape index (κ2) is 7.25. The lowest BCUT2D eigenvalue weighted by Gasteiger charge is -2.14. The zero-order valence-corrected chi connectivity index (χ0v) is 12.5. The highest BCUT2D eigenvalue weighted by Gasteiger charge is 2.24. The fourth-order valence-electron chi connectivity index (χ4n) is 2.76.